The van der Waals surface area contributed by atoms with Crippen LogP contribution in [0.25, 0.3) is 10.6 Å². The zero-order valence-electron chi connectivity index (χ0n) is 8.67. The molecule has 0 saturated heterocycles. The molecule has 0 aliphatic rings. The number of alkyl halides is 3. The molecule has 0 saturated carbocycles. The van der Waals surface area contributed by atoms with E-state index in [0.717, 1.165) is 11.1 Å². The molecule has 2 nitrogen and oxygen atoms in total. The van der Waals surface area contributed by atoms with E-state index in [1.807, 2.05) is 6.92 Å². The number of hydrogen-bond donors (Lipinski definition) is 0. The van der Waals surface area contributed by atoms with Crippen molar-refractivity contribution in [3.8, 4) is 10.6 Å². The Labute approximate surface area is 94.3 Å². The Bertz CT molecular complexity index is 510. The lowest BCUT2D eigenvalue weighted by Gasteiger charge is -2.07. The van der Waals surface area contributed by atoms with Crippen LogP contribution in [0, 0.1) is 6.92 Å². The summed E-state index contributed by atoms with van der Waals surface area (Å²) in [7, 11) is 1.51. The molecule has 0 spiro atoms. The average Bonchev–Trinajstić information content (AvgIpc) is 2.70. The fourth-order valence-electron chi connectivity index (χ4n) is 1.50. The fraction of sp³-hybridized carbons (Fsp3) is 0.300. The Kier molecular flexibility index (Phi) is 2.53. The van der Waals surface area contributed by atoms with Crippen LogP contribution >= 0.6 is 11.3 Å². The summed E-state index contributed by atoms with van der Waals surface area (Å²) in [5.74, 6) is 0. The third-order valence-electron chi connectivity index (χ3n) is 2.22. The van der Waals surface area contributed by atoms with Crippen LogP contribution in [0.5, 0.6) is 0 Å². The molecule has 6 heteroatoms. The molecule has 0 aromatic carbocycles. The molecule has 0 radical (unpaired) electrons. The minimum absolute atomic E-state index is 0.130. The average molecular weight is 246 g/mol. The highest BCUT2D eigenvalue weighted by Gasteiger charge is 2.36. The van der Waals surface area contributed by atoms with Crippen molar-refractivity contribution in [2.45, 2.75) is 13.1 Å². The first kappa shape index (κ1) is 11.2. The molecule has 2 heterocycles. The van der Waals surface area contributed by atoms with Gasteiger partial charge in [-0.1, -0.05) is 0 Å². The van der Waals surface area contributed by atoms with Gasteiger partial charge in [-0.3, -0.25) is 4.68 Å². The maximum Gasteiger partial charge on any atom is 0.420 e. The third kappa shape index (κ3) is 1.84. The van der Waals surface area contributed by atoms with Gasteiger partial charge >= 0.3 is 6.18 Å². The van der Waals surface area contributed by atoms with Crippen molar-refractivity contribution in [2.24, 2.45) is 7.05 Å². The first-order valence-corrected chi connectivity index (χ1v) is 5.37. The van der Waals surface area contributed by atoms with E-state index in [1.165, 1.54) is 23.1 Å². The lowest BCUT2D eigenvalue weighted by atomic mass is 10.2. The molecule has 0 fully saturated rings. The van der Waals surface area contributed by atoms with Crippen LogP contribution in [-0.2, 0) is 13.2 Å². The molecular formula is C10H9F3N2S. The quantitative estimate of drug-likeness (QED) is 0.753. The first-order chi connectivity index (χ1) is 7.39. The summed E-state index contributed by atoms with van der Waals surface area (Å²) in [5.41, 5.74) is -0.553. The SMILES string of the molecule is Cc1ccc(-c2c(C(F)(F)F)cnn2C)s1. The Hall–Kier alpha value is -1.30. The molecule has 2 aromatic rings. The standard InChI is InChI=1S/C10H9F3N2S/c1-6-3-4-8(16-6)9-7(10(11,12)13)5-14-15(9)2/h3-5H,1-2H3. The number of nitrogens with zero attached hydrogens (tertiary/aromatic N) is 2. The molecule has 0 N–H and O–H groups in total. The van der Waals surface area contributed by atoms with Gasteiger partial charge in [-0.25, -0.2) is 0 Å². The number of rotatable bonds is 1. The number of thiophene rings is 1. The van der Waals surface area contributed by atoms with E-state index in [4.69, 9.17) is 0 Å². The fourth-order valence-corrected chi connectivity index (χ4v) is 2.46. The van der Waals surface area contributed by atoms with Crippen LogP contribution < -0.4 is 0 Å². The number of aromatic nitrogens is 2. The van der Waals surface area contributed by atoms with Gasteiger partial charge in [0, 0.05) is 11.9 Å². The van der Waals surface area contributed by atoms with Gasteiger partial charge < -0.3 is 0 Å². The first-order valence-electron chi connectivity index (χ1n) is 4.55. The number of hydrogen-bond acceptors (Lipinski definition) is 2. The molecule has 0 aliphatic heterocycles. The zero-order valence-corrected chi connectivity index (χ0v) is 9.49. The lowest BCUT2D eigenvalue weighted by Crippen LogP contribution is -2.06. The van der Waals surface area contributed by atoms with E-state index >= 15 is 0 Å². The summed E-state index contributed by atoms with van der Waals surface area (Å²) in [5, 5.41) is 3.67. The van der Waals surface area contributed by atoms with Crippen LogP contribution in [-0.4, -0.2) is 9.78 Å². The molecular weight excluding hydrogens is 237 g/mol. The Morgan fingerprint density at radius 3 is 2.50 bits per heavy atom. The molecule has 0 unspecified atom stereocenters. The van der Waals surface area contributed by atoms with E-state index in [2.05, 4.69) is 5.10 Å². The van der Waals surface area contributed by atoms with Crippen molar-refractivity contribution in [1.29, 1.82) is 0 Å². The van der Waals surface area contributed by atoms with Gasteiger partial charge in [-0.05, 0) is 19.1 Å². The van der Waals surface area contributed by atoms with Gasteiger partial charge in [-0.15, -0.1) is 11.3 Å². The predicted molar refractivity (Wildman–Crippen MR) is 56.3 cm³/mol. The van der Waals surface area contributed by atoms with Crippen LogP contribution in [0.2, 0.25) is 0 Å². The Balaban J connectivity index is 2.60. The second kappa shape index (κ2) is 3.62. The summed E-state index contributed by atoms with van der Waals surface area (Å²) in [6, 6.07) is 3.49. The van der Waals surface area contributed by atoms with Gasteiger partial charge in [-0.2, -0.15) is 18.3 Å². The molecule has 2 rings (SSSR count). The third-order valence-corrected chi connectivity index (χ3v) is 3.23. The van der Waals surface area contributed by atoms with Crippen LogP contribution in [0.4, 0.5) is 13.2 Å². The molecule has 2 aromatic heterocycles. The normalized spacial score (nSPS) is 12.1. The second-order valence-corrected chi connectivity index (χ2v) is 4.73. The minimum atomic E-state index is -4.36. The highest BCUT2D eigenvalue weighted by molar-refractivity contribution is 7.15. The maximum atomic E-state index is 12.7. The van der Waals surface area contributed by atoms with E-state index < -0.39 is 11.7 Å². The van der Waals surface area contributed by atoms with Crippen LogP contribution in [0.3, 0.4) is 0 Å². The molecule has 0 bridgehead atoms. The van der Waals surface area contributed by atoms with Crippen molar-refractivity contribution in [2.75, 3.05) is 0 Å². The maximum absolute atomic E-state index is 12.7. The summed E-state index contributed by atoms with van der Waals surface area (Å²) in [4.78, 5) is 1.56. The summed E-state index contributed by atoms with van der Waals surface area (Å²) < 4.78 is 39.4. The van der Waals surface area contributed by atoms with Gasteiger partial charge in [0.2, 0.25) is 0 Å². The zero-order chi connectivity index (χ0) is 11.9. The monoisotopic (exact) mass is 246 g/mol. The summed E-state index contributed by atoms with van der Waals surface area (Å²) in [6.45, 7) is 1.86. The summed E-state index contributed by atoms with van der Waals surface area (Å²) >= 11 is 1.33. The molecule has 86 valence electrons. The van der Waals surface area contributed by atoms with Gasteiger partial charge in [0.05, 0.1) is 16.8 Å². The predicted octanol–water partition coefficient (Wildman–Crippen LogP) is 3.48. The van der Waals surface area contributed by atoms with E-state index in [9.17, 15) is 13.2 Å². The van der Waals surface area contributed by atoms with E-state index in [1.54, 1.807) is 12.1 Å². The topological polar surface area (TPSA) is 17.8 Å². The lowest BCUT2D eigenvalue weighted by molar-refractivity contribution is -0.137. The van der Waals surface area contributed by atoms with Gasteiger partial charge in [0.15, 0.2) is 0 Å². The van der Waals surface area contributed by atoms with Crippen molar-refractivity contribution < 1.29 is 13.2 Å². The molecule has 0 aliphatic carbocycles. The number of halogens is 3. The molecule has 0 atom stereocenters. The Morgan fingerprint density at radius 2 is 2.00 bits per heavy atom. The Morgan fingerprint density at radius 1 is 1.31 bits per heavy atom. The van der Waals surface area contributed by atoms with E-state index in [-0.39, 0.29) is 5.69 Å². The van der Waals surface area contributed by atoms with Crippen molar-refractivity contribution in [3.63, 3.8) is 0 Å². The van der Waals surface area contributed by atoms with Crippen molar-refractivity contribution in [3.05, 3.63) is 28.8 Å². The molecule has 0 amide bonds. The molecule has 16 heavy (non-hydrogen) atoms. The van der Waals surface area contributed by atoms with Crippen molar-refractivity contribution in [1.82, 2.24) is 9.78 Å². The summed E-state index contributed by atoms with van der Waals surface area (Å²) in [6.07, 6.45) is -3.49. The smallest absolute Gasteiger partial charge is 0.266 e. The van der Waals surface area contributed by atoms with Crippen molar-refractivity contribution >= 4 is 11.3 Å². The largest absolute Gasteiger partial charge is 0.420 e. The highest BCUT2D eigenvalue weighted by Crippen LogP contribution is 2.38. The highest BCUT2D eigenvalue weighted by atomic mass is 32.1. The minimum Gasteiger partial charge on any atom is -0.266 e. The van der Waals surface area contributed by atoms with Gasteiger partial charge in [0.25, 0.3) is 0 Å². The van der Waals surface area contributed by atoms with E-state index in [0.29, 0.717) is 4.88 Å². The number of aryl methyl sites for hydroxylation is 2. The van der Waals surface area contributed by atoms with Gasteiger partial charge in [0.1, 0.15) is 5.56 Å². The van der Waals surface area contributed by atoms with Crippen LogP contribution in [0.15, 0.2) is 18.3 Å². The second-order valence-electron chi connectivity index (χ2n) is 3.44. The van der Waals surface area contributed by atoms with Crippen LogP contribution in [0.1, 0.15) is 10.4 Å².